The van der Waals surface area contributed by atoms with Gasteiger partial charge in [-0.1, -0.05) is 69.9 Å². The summed E-state index contributed by atoms with van der Waals surface area (Å²) in [7, 11) is 0. The van der Waals surface area contributed by atoms with Gasteiger partial charge in [-0.05, 0) is 31.5 Å². The molecule has 3 nitrogen and oxygen atoms in total. The predicted octanol–water partition coefficient (Wildman–Crippen LogP) is 3.99. The van der Waals surface area contributed by atoms with Crippen molar-refractivity contribution >= 4 is 5.91 Å². The highest BCUT2D eigenvalue weighted by molar-refractivity contribution is 5.78. The van der Waals surface area contributed by atoms with E-state index in [1.54, 1.807) is 0 Å². The van der Waals surface area contributed by atoms with Crippen molar-refractivity contribution in [2.75, 3.05) is 19.6 Å². The van der Waals surface area contributed by atoms with E-state index in [1.807, 2.05) is 30.3 Å². The van der Waals surface area contributed by atoms with Crippen LogP contribution >= 0.6 is 0 Å². The van der Waals surface area contributed by atoms with Gasteiger partial charge in [0.1, 0.15) is 0 Å². The van der Waals surface area contributed by atoms with Gasteiger partial charge in [-0.3, -0.25) is 9.69 Å². The van der Waals surface area contributed by atoms with Crippen LogP contribution in [-0.4, -0.2) is 30.4 Å². The highest BCUT2D eigenvalue weighted by Crippen LogP contribution is 2.03. The highest BCUT2D eigenvalue weighted by atomic mass is 16.2. The van der Waals surface area contributed by atoms with E-state index in [9.17, 15) is 4.79 Å². The van der Waals surface area contributed by atoms with Crippen molar-refractivity contribution in [2.45, 2.75) is 58.9 Å². The first kappa shape index (κ1) is 18.7. The molecule has 1 N–H and O–H groups in total. The molecule has 1 rings (SSSR count). The Bertz CT molecular complexity index is 382. The molecular formula is C19H32N2O. The van der Waals surface area contributed by atoms with Crippen LogP contribution < -0.4 is 5.32 Å². The second-order valence-electron chi connectivity index (χ2n) is 5.95. The third-order valence-corrected chi connectivity index (χ3v) is 3.86. The zero-order valence-corrected chi connectivity index (χ0v) is 14.3. The lowest BCUT2D eigenvalue weighted by molar-refractivity contribution is -0.122. The second-order valence-corrected chi connectivity index (χ2v) is 5.95. The molecular weight excluding hydrogens is 272 g/mol. The van der Waals surface area contributed by atoms with Crippen LogP contribution in [0, 0.1) is 0 Å². The average Bonchev–Trinajstić information content (AvgIpc) is 2.54. The van der Waals surface area contributed by atoms with E-state index < -0.39 is 0 Å². The van der Waals surface area contributed by atoms with Crippen molar-refractivity contribution in [1.29, 1.82) is 0 Å². The van der Waals surface area contributed by atoms with Crippen molar-refractivity contribution in [3.63, 3.8) is 0 Å². The van der Waals surface area contributed by atoms with Crippen LogP contribution in [0.3, 0.4) is 0 Å². The van der Waals surface area contributed by atoms with Crippen molar-refractivity contribution in [2.24, 2.45) is 0 Å². The van der Waals surface area contributed by atoms with Crippen LogP contribution in [-0.2, 0) is 11.3 Å². The van der Waals surface area contributed by atoms with Crippen LogP contribution in [0.2, 0.25) is 0 Å². The number of hydrogen-bond donors (Lipinski definition) is 1. The summed E-state index contributed by atoms with van der Waals surface area (Å²) in [6.45, 7) is 7.66. The Morgan fingerprint density at radius 2 is 1.55 bits per heavy atom. The molecule has 0 atom stereocenters. The van der Waals surface area contributed by atoms with Gasteiger partial charge in [0.15, 0.2) is 0 Å². The van der Waals surface area contributed by atoms with Crippen LogP contribution in [0.1, 0.15) is 57.9 Å². The molecule has 0 bridgehead atoms. The fraction of sp³-hybridized carbons (Fsp3) is 0.632. The molecule has 0 aromatic heterocycles. The predicted molar refractivity (Wildman–Crippen MR) is 93.8 cm³/mol. The van der Waals surface area contributed by atoms with Crippen LogP contribution in [0.15, 0.2) is 30.3 Å². The summed E-state index contributed by atoms with van der Waals surface area (Å²) in [6.07, 6.45) is 7.32. The number of carbonyl (C=O) groups is 1. The Balaban J connectivity index is 2.32. The number of benzene rings is 1. The smallest absolute Gasteiger partial charge is 0.234 e. The van der Waals surface area contributed by atoms with Gasteiger partial charge in [-0.25, -0.2) is 0 Å². The standard InChI is InChI=1S/C19H32N2O/c1-3-5-10-14-21(15-11-6-4-2)17-19(22)20-16-18-12-8-7-9-13-18/h7-9,12-13H,3-6,10-11,14-17H2,1-2H3,(H,20,22). The third-order valence-electron chi connectivity index (χ3n) is 3.86. The van der Waals surface area contributed by atoms with Crippen molar-refractivity contribution in [1.82, 2.24) is 10.2 Å². The first-order chi connectivity index (χ1) is 10.8. The number of rotatable bonds is 12. The quantitative estimate of drug-likeness (QED) is 0.592. The zero-order chi connectivity index (χ0) is 16.0. The summed E-state index contributed by atoms with van der Waals surface area (Å²) in [5.41, 5.74) is 1.15. The van der Waals surface area contributed by atoms with Gasteiger partial charge in [0.2, 0.25) is 5.91 Å². The Kier molecular flexibility index (Phi) is 10.4. The van der Waals surface area contributed by atoms with Crippen molar-refractivity contribution in [3.8, 4) is 0 Å². The molecule has 1 aromatic rings. The summed E-state index contributed by atoms with van der Waals surface area (Å²) in [4.78, 5) is 14.5. The van der Waals surface area contributed by atoms with Gasteiger partial charge in [0.25, 0.3) is 0 Å². The Labute approximate surface area is 136 Å². The minimum atomic E-state index is 0.136. The van der Waals surface area contributed by atoms with Gasteiger partial charge < -0.3 is 5.32 Å². The summed E-state index contributed by atoms with van der Waals surface area (Å²) in [5.74, 6) is 0.136. The Morgan fingerprint density at radius 3 is 2.09 bits per heavy atom. The molecule has 124 valence electrons. The molecule has 0 aliphatic carbocycles. The van der Waals surface area contributed by atoms with Crippen LogP contribution in [0.5, 0.6) is 0 Å². The first-order valence-corrected chi connectivity index (χ1v) is 8.79. The molecule has 1 aromatic carbocycles. The largest absolute Gasteiger partial charge is 0.351 e. The monoisotopic (exact) mass is 304 g/mol. The molecule has 0 saturated heterocycles. The van der Waals surface area contributed by atoms with Crippen LogP contribution in [0.4, 0.5) is 0 Å². The summed E-state index contributed by atoms with van der Waals surface area (Å²) in [5, 5.41) is 3.03. The molecule has 3 heteroatoms. The van der Waals surface area contributed by atoms with E-state index in [1.165, 1.54) is 38.5 Å². The maximum absolute atomic E-state index is 12.1. The Hall–Kier alpha value is -1.35. The molecule has 0 heterocycles. The lowest BCUT2D eigenvalue weighted by atomic mass is 10.2. The van der Waals surface area contributed by atoms with Crippen LogP contribution in [0.25, 0.3) is 0 Å². The minimum Gasteiger partial charge on any atom is -0.351 e. The normalized spacial score (nSPS) is 10.9. The average molecular weight is 304 g/mol. The molecule has 0 radical (unpaired) electrons. The van der Waals surface area contributed by atoms with E-state index >= 15 is 0 Å². The number of unbranched alkanes of at least 4 members (excludes halogenated alkanes) is 4. The fourth-order valence-electron chi connectivity index (χ4n) is 2.50. The number of nitrogens with one attached hydrogen (secondary N) is 1. The summed E-state index contributed by atoms with van der Waals surface area (Å²) < 4.78 is 0. The number of carbonyl (C=O) groups excluding carboxylic acids is 1. The Morgan fingerprint density at radius 1 is 0.955 bits per heavy atom. The summed E-state index contributed by atoms with van der Waals surface area (Å²) >= 11 is 0. The van der Waals surface area contributed by atoms with Gasteiger partial charge in [0.05, 0.1) is 6.54 Å². The molecule has 0 spiro atoms. The molecule has 0 unspecified atom stereocenters. The molecule has 0 fully saturated rings. The van der Waals surface area contributed by atoms with E-state index in [2.05, 4.69) is 24.1 Å². The highest BCUT2D eigenvalue weighted by Gasteiger charge is 2.10. The van der Waals surface area contributed by atoms with E-state index in [-0.39, 0.29) is 5.91 Å². The zero-order valence-electron chi connectivity index (χ0n) is 14.3. The van der Waals surface area contributed by atoms with E-state index in [4.69, 9.17) is 0 Å². The van der Waals surface area contributed by atoms with Gasteiger partial charge >= 0.3 is 0 Å². The van der Waals surface area contributed by atoms with Gasteiger partial charge in [-0.15, -0.1) is 0 Å². The maximum atomic E-state index is 12.1. The van der Waals surface area contributed by atoms with E-state index in [0.29, 0.717) is 13.1 Å². The second kappa shape index (κ2) is 12.2. The summed E-state index contributed by atoms with van der Waals surface area (Å²) in [6, 6.07) is 10.1. The topological polar surface area (TPSA) is 32.3 Å². The SMILES string of the molecule is CCCCCN(CCCCC)CC(=O)NCc1ccccc1. The fourth-order valence-corrected chi connectivity index (χ4v) is 2.50. The molecule has 0 aliphatic rings. The van der Waals surface area contributed by atoms with Crippen molar-refractivity contribution in [3.05, 3.63) is 35.9 Å². The third kappa shape index (κ3) is 8.83. The molecule has 22 heavy (non-hydrogen) atoms. The minimum absolute atomic E-state index is 0.136. The molecule has 0 saturated carbocycles. The lowest BCUT2D eigenvalue weighted by Gasteiger charge is -2.21. The number of amides is 1. The van der Waals surface area contributed by atoms with Gasteiger partial charge in [0, 0.05) is 6.54 Å². The van der Waals surface area contributed by atoms with Crippen molar-refractivity contribution < 1.29 is 4.79 Å². The van der Waals surface area contributed by atoms with Gasteiger partial charge in [-0.2, -0.15) is 0 Å². The molecule has 1 amide bonds. The number of hydrogen-bond acceptors (Lipinski definition) is 2. The molecule has 0 aliphatic heterocycles. The first-order valence-electron chi connectivity index (χ1n) is 8.79. The lowest BCUT2D eigenvalue weighted by Crippen LogP contribution is -2.38. The number of nitrogens with zero attached hydrogens (tertiary/aromatic N) is 1. The van der Waals surface area contributed by atoms with E-state index in [0.717, 1.165) is 18.7 Å². The maximum Gasteiger partial charge on any atom is 0.234 e.